The fourth-order valence-corrected chi connectivity index (χ4v) is 2.91. The lowest BCUT2D eigenvalue weighted by Gasteiger charge is -2.14. The summed E-state index contributed by atoms with van der Waals surface area (Å²) in [5.41, 5.74) is 5.15. The van der Waals surface area contributed by atoms with E-state index in [1.54, 1.807) is 0 Å². The number of nitrogens with zero attached hydrogens (tertiary/aromatic N) is 2. The summed E-state index contributed by atoms with van der Waals surface area (Å²) in [6.07, 6.45) is 0.697. The molecular formula is C20H25N3O5. The molecule has 2 N–H and O–H groups in total. The number of hydrogen-bond donors (Lipinski definition) is 1. The van der Waals surface area contributed by atoms with Gasteiger partial charge in [0, 0.05) is 13.6 Å². The van der Waals surface area contributed by atoms with Gasteiger partial charge in [-0.1, -0.05) is 44.2 Å². The minimum atomic E-state index is -0.798. The maximum absolute atomic E-state index is 12.5. The highest BCUT2D eigenvalue weighted by Crippen LogP contribution is 2.19. The summed E-state index contributed by atoms with van der Waals surface area (Å²) in [5.74, 6) is -1.56. The number of rotatable bonds is 8. The van der Waals surface area contributed by atoms with Gasteiger partial charge in [0.1, 0.15) is 11.4 Å². The fraction of sp³-hybridized carbons (Fsp3) is 0.400. The Hall–Kier alpha value is -3.16. The Balaban J connectivity index is 2.12. The number of carbonyl (C=O) groups excluding carboxylic acids is 2. The van der Waals surface area contributed by atoms with Gasteiger partial charge in [-0.2, -0.15) is 0 Å². The third-order valence-corrected chi connectivity index (χ3v) is 4.52. The lowest BCUT2D eigenvalue weighted by atomic mass is 9.98. The summed E-state index contributed by atoms with van der Waals surface area (Å²) in [5, 5.41) is 0. The van der Waals surface area contributed by atoms with Crippen LogP contribution in [0.2, 0.25) is 0 Å². The first-order valence-corrected chi connectivity index (χ1v) is 9.11. The molecule has 0 aliphatic carbocycles. The Kier molecular flexibility index (Phi) is 6.92. The van der Waals surface area contributed by atoms with Gasteiger partial charge < -0.3 is 10.5 Å². The van der Waals surface area contributed by atoms with Crippen molar-refractivity contribution in [1.29, 1.82) is 0 Å². The smallest absolute Gasteiger partial charge is 0.332 e. The van der Waals surface area contributed by atoms with Crippen molar-refractivity contribution < 1.29 is 14.3 Å². The van der Waals surface area contributed by atoms with Crippen molar-refractivity contribution in [3.8, 4) is 0 Å². The van der Waals surface area contributed by atoms with Crippen molar-refractivity contribution in [3.05, 3.63) is 62.3 Å². The van der Waals surface area contributed by atoms with Crippen molar-refractivity contribution in [2.75, 3.05) is 12.3 Å². The number of anilines is 1. The normalized spacial score (nSPS) is 11.8. The van der Waals surface area contributed by atoms with E-state index in [9.17, 15) is 19.2 Å². The molecule has 8 heteroatoms. The van der Waals surface area contributed by atoms with Crippen LogP contribution in [0.3, 0.4) is 0 Å². The molecule has 150 valence electrons. The van der Waals surface area contributed by atoms with Crippen LogP contribution in [0.4, 0.5) is 5.82 Å². The van der Waals surface area contributed by atoms with E-state index in [2.05, 4.69) is 0 Å². The number of aromatic nitrogens is 2. The molecule has 0 unspecified atom stereocenters. The predicted molar refractivity (Wildman–Crippen MR) is 105 cm³/mol. The zero-order valence-corrected chi connectivity index (χ0v) is 16.3. The molecule has 2 rings (SSSR count). The highest BCUT2D eigenvalue weighted by atomic mass is 16.5. The van der Waals surface area contributed by atoms with Gasteiger partial charge in [0.2, 0.25) is 5.78 Å². The number of Topliss-reactive ketones (excluding diaryl/α,β-unsaturated/α-hetero) is 1. The van der Waals surface area contributed by atoms with Gasteiger partial charge in [0.25, 0.3) is 5.56 Å². The van der Waals surface area contributed by atoms with Gasteiger partial charge in [0.15, 0.2) is 6.61 Å². The molecule has 1 heterocycles. The second kappa shape index (κ2) is 9.16. The minimum Gasteiger partial charge on any atom is -0.457 e. The SMILES string of the molecule is CCCn1c(N)c(C(=O)COC(=O)C[C@@H](C)c2ccccc2)c(=O)n(C)c1=O. The average molecular weight is 387 g/mol. The van der Waals surface area contributed by atoms with Crippen LogP contribution in [0.25, 0.3) is 0 Å². The molecule has 1 aromatic heterocycles. The molecule has 1 atom stereocenters. The van der Waals surface area contributed by atoms with Crippen molar-refractivity contribution in [2.24, 2.45) is 7.05 Å². The van der Waals surface area contributed by atoms with E-state index in [4.69, 9.17) is 10.5 Å². The number of ether oxygens (including phenoxy) is 1. The molecule has 2 aromatic rings. The zero-order valence-electron chi connectivity index (χ0n) is 16.3. The Labute approximate surface area is 162 Å². The highest BCUT2D eigenvalue weighted by Gasteiger charge is 2.22. The molecule has 28 heavy (non-hydrogen) atoms. The van der Waals surface area contributed by atoms with E-state index < -0.39 is 29.6 Å². The number of nitrogens with two attached hydrogens (primary N) is 1. The third-order valence-electron chi connectivity index (χ3n) is 4.52. The summed E-state index contributed by atoms with van der Waals surface area (Å²) in [6, 6.07) is 9.46. The first-order valence-electron chi connectivity index (χ1n) is 9.11. The molecule has 0 aliphatic heterocycles. The average Bonchev–Trinajstić information content (AvgIpc) is 2.69. The van der Waals surface area contributed by atoms with Crippen molar-refractivity contribution in [3.63, 3.8) is 0 Å². The van der Waals surface area contributed by atoms with Gasteiger partial charge in [-0.15, -0.1) is 0 Å². The zero-order chi connectivity index (χ0) is 20.8. The molecule has 0 fully saturated rings. The summed E-state index contributed by atoms with van der Waals surface area (Å²) in [7, 11) is 1.28. The van der Waals surface area contributed by atoms with Crippen molar-refractivity contribution in [2.45, 2.75) is 39.2 Å². The number of nitrogen functional groups attached to an aromatic ring is 1. The van der Waals surface area contributed by atoms with Crippen LogP contribution < -0.4 is 17.0 Å². The number of esters is 1. The van der Waals surface area contributed by atoms with Crippen LogP contribution in [0, 0.1) is 0 Å². The number of ketones is 1. The molecule has 1 aromatic carbocycles. The monoisotopic (exact) mass is 387 g/mol. The van der Waals surface area contributed by atoms with E-state index in [0.29, 0.717) is 6.42 Å². The minimum absolute atomic E-state index is 0.0757. The largest absolute Gasteiger partial charge is 0.457 e. The third kappa shape index (κ3) is 4.57. The van der Waals surface area contributed by atoms with Crippen molar-refractivity contribution >= 4 is 17.6 Å². The lowest BCUT2D eigenvalue weighted by molar-refractivity contribution is -0.142. The maximum atomic E-state index is 12.5. The maximum Gasteiger partial charge on any atom is 0.332 e. The summed E-state index contributed by atoms with van der Waals surface area (Å²) in [4.78, 5) is 49.0. The quantitative estimate of drug-likeness (QED) is 0.542. The molecular weight excluding hydrogens is 362 g/mol. The second-order valence-electron chi connectivity index (χ2n) is 6.66. The van der Waals surface area contributed by atoms with Crippen LogP contribution in [-0.2, 0) is 23.1 Å². The first kappa shape index (κ1) is 21.1. The van der Waals surface area contributed by atoms with E-state index in [1.807, 2.05) is 44.2 Å². The van der Waals surface area contributed by atoms with Crippen LogP contribution in [0.1, 0.15) is 48.5 Å². The highest BCUT2D eigenvalue weighted by molar-refractivity contribution is 6.01. The molecule has 0 spiro atoms. The van der Waals surface area contributed by atoms with E-state index in [-0.39, 0.29) is 30.3 Å². The molecule has 0 aliphatic rings. The topological polar surface area (TPSA) is 113 Å². The van der Waals surface area contributed by atoms with E-state index in [1.165, 1.54) is 11.6 Å². The Morgan fingerprint density at radius 2 is 1.82 bits per heavy atom. The lowest BCUT2D eigenvalue weighted by Crippen LogP contribution is -2.43. The first-order chi connectivity index (χ1) is 13.3. The van der Waals surface area contributed by atoms with Gasteiger partial charge in [-0.05, 0) is 17.9 Å². The van der Waals surface area contributed by atoms with Crippen LogP contribution in [0.5, 0.6) is 0 Å². The molecule has 0 saturated heterocycles. The number of benzene rings is 1. The fourth-order valence-electron chi connectivity index (χ4n) is 2.91. The summed E-state index contributed by atoms with van der Waals surface area (Å²) < 4.78 is 7.06. The number of hydrogen-bond acceptors (Lipinski definition) is 6. The Bertz CT molecular complexity index is 976. The predicted octanol–water partition coefficient (Wildman–Crippen LogP) is 1.46. The number of carbonyl (C=O) groups is 2. The Morgan fingerprint density at radius 1 is 1.18 bits per heavy atom. The van der Waals surface area contributed by atoms with Gasteiger partial charge >= 0.3 is 11.7 Å². The molecule has 0 radical (unpaired) electrons. The van der Waals surface area contributed by atoms with E-state index in [0.717, 1.165) is 10.1 Å². The van der Waals surface area contributed by atoms with Gasteiger partial charge in [0.05, 0.1) is 6.42 Å². The van der Waals surface area contributed by atoms with Crippen LogP contribution >= 0.6 is 0 Å². The summed E-state index contributed by atoms with van der Waals surface area (Å²) in [6.45, 7) is 3.39. The van der Waals surface area contributed by atoms with Crippen LogP contribution in [0.15, 0.2) is 39.9 Å². The summed E-state index contributed by atoms with van der Waals surface area (Å²) >= 11 is 0. The molecule has 0 saturated carbocycles. The van der Waals surface area contributed by atoms with Crippen LogP contribution in [-0.4, -0.2) is 27.5 Å². The molecule has 0 amide bonds. The van der Waals surface area contributed by atoms with Gasteiger partial charge in [-0.3, -0.25) is 23.5 Å². The standard InChI is InChI=1S/C20H25N3O5/c1-4-10-23-18(21)17(19(26)22(3)20(23)27)15(24)12-28-16(25)11-13(2)14-8-6-5-7-9-14/h5-9,13H,4,10-12,21H2,1-3H3/t13-/m1/s1. The Morgan fingerprint density at radius 3 is 2.43 bits per heavy atom. The van der Waals surface area contributed by atoms with E-state index >= 15 is 0 Å². The van der Waals surface area contributed by atoms with Gasteiger partial charge in [-0.25, -0.2) is 4.79 Å². The molecule has 0 bridgehead atoms. The molecule has 8 nitrogen and oxygen atoms in total. The van der Waals surface area contributed by atoms with Crippen molar-refractivity contribution in [1.82, 2.24) is 9.13 Å². The second-order valence-corrected chi connectivity index (χ2v) is 6.66.